The molecule has 3 rings (SSSR count). The van der Waals surface area contributed by atoms with E-state index in [1.54, 1.807) is 6.07 Å². The van der Waals surface area contributed by atoms with Crippen LogP contribution >= 0.6 is 15.9 Å². The molecule has 0 radical (unpaired) electrons. The highest BCUT2D eigenvalue weighted by atomic mass is 79.9. The predicted octanol–water partition coefficient (Wildman–Crippen LogP) is 4.69. The Labute approximate surface area is 146 Å². The first-order chi connectivity index (χ1) is 11.1. The van der Waals surface area contributed by atoms with Crippen LogP contribution in [0.4, 0.5) is 5.69 Å². The van der Waals surface area contributed by atoms with Crippen LogP contribution in [-0.4, -0.2) is 18.3 Å². The van der Waals surface area contributed by atoms with Gasteiger partial charge in [-0.3, -0.25) is 0 Å². The van der Waals surface area contributed by atoms with Crippen LogP contribution < -0.4 is 5.73 Å². The van der Waals surface area contributed by atoms with Crippen LogP contribution in [0.3, 0.4) is 0 Å². The van der Waals surface area contributed by atoms with Crippen LogP contribution in [0.5, 0.6) is 5.75 Å². The zero-order chi connectivity index (χ0) is 16.7. The maximum absolute atomic E-state index is 9.53. The molecule has 0 saturated carbocycles. The Balaban J connectivity index is 0.000000326. The van der Waals surface area contributed by atoms with Gasteiger partial charge in [0.05, 0.1) is 4.47 Å². The zero-order valence-corrected chi connectivity index (χ0v) is 15.1. The minimum absolute atomic E-state index is 0.178. The van der Waals surface area contributed by atoms with E-state index in [9.17, 15) is 5.11 Å². The SMILES string of the molecule is C1CCOC1.CCc1ccc(Cc2cc(Br)c(O)cc2N)cc1. The van der Waals surface area contributed by atoms with Gasteiger partial charge in [-0.2, -0.15) is 0 Å². The molecule has 0 amide bonds. The van der Waals surface area contributed by atoms with Crippen molar-refractivity contribution in [3.05, 3.63) is 57.6 Å². The van der Waals surface area contributed by atoms with E-state index in [0.717, 1.165) is 31.6 Å². The Morgan fingerprint density at radius 1 is 1.09 bits per heavy atom. The van der Waals surface area contributed by atoms with Crippen LogP contribution in [0.25, 0.3) is 0 Å². The Morgan fingerprint density at radius 2 is 1.70 bits per heavy atom. The molecule has 0 atom stereocenters. The highest BCUT2D eigenvalue weighted by Gasteiger charge is 2.06. The summed E-state index contributed by atoms with van der Waals surface area (Å²) in [4.78, 5) is 0. The first-order valence-corrected chi connectivity index (χ1v) is 8.82. The number of hydrogen-bond donors (Lipinski definition) is 2. The zero-order valence-electron chi connectivity index (χ0n) is 13.5. The minimum atomic E-state index is 0.178. The molecular weight excluding hydrogens is 354 g/mol. The molecule has 3 N–H and O–H groups in total. The molecule has 3 nitrogen and oxygen atoms in total. The number of ether oxygens (including phenoxy) is 1. The lowest BCUT2D eigenvalue weighted by Gasteiger charge is -2.08. The summed E-state index contributed by atoms with van der Waals surface area (Å²) in [5, 5.41) is 9.53. The number of hydrogen-bond acceptors (Lipinski definition) is 3. The Morgan fingerprint density at radius 3 is 2.22 bits per heavy atom. The highest BCUT2D eigenvalue weighted by Crippen LogP contribution is 2.30. The lowest BCUT2D eigenvalue weighted by Crippen LogP contribution is -1.96. The van der Waals surface area contributed by atoms with Crippen molar-refractivity contribution < 1.29 is 9.84 Å². The van der Waals surface area contributed by atoms with Crippen LogP contribution in [0, 0.1) is 0 Å². The van der Waals surface area contributed by atoms with Crippen molar-refractivity contribution in [3.8, 4) is 5.75 Å². The van der Waals surface area contributed by atoms with Crippen LogP contribution in [0.1, 0.15) is 36.5 Å². The molecule has 4 heteroatoms. The summed E-state index contributed by atoms with van der Waals surface area (Å²) in [5.41, 5.74) is 10.1. The molecule has 2 aromatic carbocycles. The largest absolute Gasteiger partial charge is 0.507 e. The van der Waals surface area contributed by atoms with Gasteiger partial charge < -0.3 is 15.6 Å². The minimum Gasteiger partial charge on any atom is -0.507 e. The fourth-order valence-corrected chi connectivity index (χ4v) is 2.79. The molecule has 1 aliphatic heterocycles. The number of nitrogen functional groups attached to an aromatic ring is 1. The number of phenols is 1. The van der Waals surface area contributed by atoms with Gasteiger partial charge in [-0.25, -0.2) is 0 Å². The second-order valence-corrected chi connectivity index (χ2v) is 6.52. The number of benzene rings is 2. The van der Waals surface area contributed by atoms with Crippen molar-refractivity contribution in [1.29, 1.82) is 0 Å². The van der Waals surface area contributed by atoms with E-state index >= 15 is 0 Å². The molecule has 0 bridgehead atoms. The molecule has 23 heavy (non-hydrogen) atoms. The number of anilines is 1. The van der Waals surface area contributed by atoms with Crippen molar-refractivity contribution in [2.45, 2.75) is 32.6 Å². The molecule has 1 heterocycles. The van der Waals surface area contributed by atoms with E-state index in [1.807, 2.05) is 6.07 Å². The second kappa shape index (κ2) is 8.94. The first kappa shape index (κ1) is 17.8. The number of nitrogens with two attached hydrogens (primary N) is 1. The molecule has 0 aromatic heterocycles. The van der Waals surface area contributed by atoms with E-state index in [4.69, 9.17) is 10.5 Å². The quantitative estimate of drug-likeness (QED) is 0.762. The fraction of sp³-hybridized carbons (Fsp3) is 0.368. The van der Waals surface area contributed by atoms with E-state index < -0.39 is 0 Å². The van der Waals surface area contributed by atoms with Crippen LogP contribution in [-0.2, 0) is 17.6 Å². The van der Waals surface area contributed by atoms with Gasteiger partial charge in [0.1, 0.15) is 5.75 Å². The molecule has 0 unspecified atom stereocenters. The van der Waals surface area contributed by atoms with Crippen molar-refractivity contribution >= 4 is 21.6 Å². The summed E-state index contributed by atoms with van der Waals surface area (Å²) in [6, 6.07) is 12.0. The number of aryl methyl sites for hydroxylation is 1. The average molecular weight is 378 g/mol. The summed E-state index contributed by atoms with van der Waals surface area (Å²) in [5.74, 6) is 0.178. The Hall–Kier alpha value is -1.52. The van der Waals surface area contributed by atoms with Crippen molar-refractivity contribution in [1.82, 2.24) is 0 Å². The van der Waals surface area contributed by atoms with Gasteiger partial charge in [0.2, 0.25) is 0 Å². The monoisotopic (exact) mass is 377 g/mol. The summed E-state index contributed by atoms with van der Waals surface area (Å²) < 4.78 is 5.62. The highest BCUT2D eigenvalue weighted by molar-refractivity contribution is 9.10. The third-order valence-electron chi connectivity index (χ3n) is 3.86. The molecule has 1 fully saturated rings. The molecular formula is C19H24BrNO2. The van der Waals surface area contributed by atoms with Crippen molar-refractivity contribution in [2.75, 3.05) is 18.9 Å². The van der Waals surface area contributed by atoms with Gasteiger partial charge in [-0.05, 0) is 64.4 Å². The molecule has 124 valence electrons. The Kier molecular flexibility index (Phi) is 6.93. The average Bonchev–Trinajstić information content (AvgIpc) is 3.13. The topological polar surface area (TPSA) is 55.5 Å². The van der Waals surface area contributed by atoms with Gasteiger partial charge in [0.25, 0.3) is 0 Å². The number of halogens is 1. The fourth-order valence-electron chi connectivity index (χ4n) is 2.40. The van der Waals surface area contributed by atoms with Crippen LogP contribution in [0.2, 0.25) is 0 Å². The molecule has 0 spiro atoms. The van der Waals surface area contributed by atoms with E-state index in [1.165, 1.54) is 24.0 Å². The molecule has 2 aromatic rings. The van der Waals surface area contributed by atoms with Gasteiger partial charge in [0, 0.05) is 25.0 Å². The first-order valence-electron chi connectivity index (χ1n) is 8.02. The lowest BCUT2D eigenvalue weighted by atomic mass is 10.0. The van der Waals surface area contributed by atoms with Crippen molar-refractivity contribution in [2.24, 2.45) is 0 Å². The van der Waals surface area contributed by atoms with Gasteiger partial charge in [0.15, 0.2) is 0 Å². The van der Waals surface area contributed by atoms with Gasteiger partial charge >= 0.3 is 0 Å². The van der Waals surface area contributed by atoms with Gasteiger partial charge in [-0.15, -0.1) is 0 Å². The van der Waals surface area contributed by atoms with Crippen molar-refractivity contribution in [3.63, 3.8) is 0 Å². The summed E-state index contributed by atoms with van der Waals surface area (Å²) in [6.45, 7) is 4.14. The molecule has 0 aliphatic carbocycles. The molecule has 1 aliphatic rings. The number of rotatable bonds is 3. The van der Waals surface area contributed by atoms with Crippen LogP contribution in [0.15, 0.2) is 40.9 Å². The normalized spacial score (nSPS) is 13.5. The maximum Gasteiger partial charge on any atom is 0.131 e. The third kappa shape index (κ3) is 5.56. The smallest absolute Gasteiger partial charge is 0.131 e. The van der Waals surface area contributed by atoms with Gasteiger partial charge in [-0.1, -0.05) is 31.2 Å². The Bertz CT molecular complexity index is 614. The van der Waals surface area contributed by atoms with E-state index in [2.05, 4.69) is 47.1 Å². The third-order valence-corrected chi connectivity index (χ3v) is 4.50. The lowest BCUT2D eigenvalue weighted by molar-refractivity contribution is 0.198. The van der Waals surface area contributed by atoms with E-state index in [0.29, 0.717) is 10.2 Å². The summed E-state index contributed by atoms with van der Waals surface area (Å²) >= 11 is 3.31. The standard InChI is InChI=1S/C15H16BrNO.C4H8O/c1-2-10-3-5-11(6-4-10)7-12-8-13(16)15(18)9-14(12)17;1-2-4-5-3-1/h3-6,8-9,18H,2,7,17H2,1H3;1-4H2. The number of aromatic hydroxyl groups is 1. The molecule has 1 saturated heterocycles. The predicted molar refractivity (Wildman–Crippen MR) is 98.9 cm³/mol. The summed E-state index contributed by atoms with van der Waals surface area (Å²) in [6.07, 6.45) is 4.38. The second-order valence-electron chi connectivity index (χ2n) is 5.67. The maximum atomic E-state index is 9.53. The number of phenolic OH excluding ortho intramolecular Hbond substituents is 1. The van der Waals surface area contributed by atoms with E-state index in [-0.39, 0.29) is 5.75 Å². The summed E-state index contributed by atoms with van der Waals surface area (Å²) in [7, 11) is 0.